The van der Waals surface area contributed by atoms with Crippen molar-refractivity contribution in [3.63, 3.8) is 0 Å². The van der Waals surface area contributed by atoms with Crippen molar-refractivity contribution in [2.75, 3.05) is 19.7 Å². The smallest absolute Gasteiger partial charge is 0.239 e. The van der Waals surface area contributed by atoms with Crippen LogP contribution in [0.5, 0.6) is 0 Å². The van der Waals surface area contributed by atoms with Gasteiger partial charge in [-0.25, -0.2) is 0 Å². The molecule has 1 atom stereocenters. The molecule has 1 amide bonds. The topological polar surface area (TPSA) is 55.6 Å². The molecule has 1 rings (SSSR count). The first kappa shape index (κ1) is 13.2. The summed E-state index contributed by atoms with van der Waals surface area (Å²) >= 11 is 0. The Kier molecular flexibility index (Phi) is 5.49. The second kappa shape index (κ2) is 6.66. The summed E-state index contributed by atoms with van der Waals surface area (Å²) in [5.41, 5.74) is 5.76. The lowest BCUT2D eigenvalue weighted by molar-refractivity contribution is -0.135. The molecule has 0 aromatic carbocycles. The fraction of sp³-hybridized carbons (Fsp3) is 0.750. The summed E-state index contributed by atoms with van der Waals surface area (Å²) in [5.74, 6) is 0.0369. The Bertz CT molecular complexity index is 235. The molecule has 0 saturated carbocycles. The molecule has 0 aliphatic carbocycles. The van der Waals surface area contributed by atoms with E-state index in [1.54, 1.807) is 6.08 Å². The molecule has 0 aromatic heterocycles. The van der Waals surface area contributed by atoms with E-state index in [4.69, 9.17) is 10.5 Å². The third-order valence-electron chi connectivity index (χ3n) is 2.89. The number of rotatable bonds is 5. The Balaban J connectivity index is 2.35. The normalized spacial score (nSPS) is 19.5. The summed E-state index contributed by atoms with van der Waals surface area (Å²) in [6.45, 7) is 7.85. The molecule has 0 radical (unpaired) electrons. The highest BCUT2D eigenvalue weighted by atomic mass is 16.5. The van der Waals surface area contributed by atoms with Crippen molar-refractivity contribution in [3.05, 3.63) is 12.7 Å². The standard InChI is InChI=1S/C12H22N2O2/c1-3-5-11(13)12(15)14-8-6-10(7-9-14)16-4-2/h3,10-11H,1,4-9,13H2,2H3. The van der Waals surface area contributed by atoms with Crippen LogP contribution in [0, 0.1) is 0 Å². The van der Waals surface area contributed by atoms with Gasteiger partial charge in [0.1, 0.15) is 0 Å². The van der Waals surface area contributed by atoms with Crippen LogP contribution in [0.25, 0.3) is 0 Å². The molecule has 0 spiro atoms. The van der Waals surface area contributed by atoms with Crippen LogP contribution in [-0.2, 0) is 9.53 Å². The molecule has 1 heterocycles. The van der Waals surface area contributed by atoms with Crippen LogP contribution in [0.4, 0.5) is 0 Å². The molecule has 1 aliphatic heterocycles. The van der Waals surface area contributed by atoms with Gasteiger partial charge in [-0.1, -0.05) is 6.08 Å². The highest BCUT2D eigenvalue weighted by Gasteiger charge is 2.25. The molecule has 0 aromatic rings. The Labute approximate surface area is 97.4 Å². The van der Waals surface area contributed by atoms with E-state index in [1.807, 2.05) is 11.8 Å². The molecule has 4 nitrogen and oxygen atoms in total. The number of carbonyl (C=O) groups excluding carboxylic acids is 1. The van der Waals surface area contributed by atoms with E-state index in [0.717, 1.165) is 32.5 Å². The van der Waals surface area contributed by atoms with Gasteiger partial charge in [0.25, 0.3) is 0 Å². The molecule has 0 bridgehead atoms. The van der Waals surface area contributed by atoms with Crippen molar-refractivity contribution in [1.82, 2.24) is 4.90 Å². The minimum Gasteiger partial charge on any atom is -0.378 e. The molecular formula is C12H22N2O2. The predicted molar refractivity (Wildman–Crippen MR) is 64.0 cm³/mol. The number of likely N-dealkylation sites (tertiary alicyclic amines) is 1. The van der Waals surface area contributed by atoms with E-state index in [2.05, 4.69) is 6.58 Å². The van der Waals surface area contributed by atoms with Crippen LogP contribution in [0.15, 0.2) is 12.7 Å². The van der Waals surface area contributed by atoms with Crippen LogP contribution in [0.1, 0.15) is 26.2 Å². The van der Waals surface area contributed by atoms with E-state index in [9.17, 15) is 4.79 Å². The highest BCUT2D eigenvalue weighted by Crippen LogP contribution is 2.14. The lowest BCUT2D eigenvalue weighted by atomic mass is 10.1. The van der Waals surface area contributed by atoms with Gasteiger partial charge in [-0.2, -0.15) is 0 Å². The maximum atomic E-state index is 11.9. The monoisotopic (exact) mass is 226 g/mol. The minimum atomic E-state index is -0.429. The van der Waals surface area contributed by atoms with Gasteiger partial charge in [-0.05, 0) is 26.2 Å². The second-order valence-electron chi connectivity index (χ2n) is 4.11. The van der Waals surface area contributed by atoms with Crippen molar-refractivity contribution >= 4 is 5.91 Å². The zero-order valence-electron chi connectivity index (χ0n) is 10.0. The number of hydrogen-bond donors (Lipinski definition) is 1. The average Bonchev–Trinajstić information content (AvgIpc) is 2.30. The van der Waals surface area contributed by atoms with Gasteiger partial charge in [0.05, 0.1) is 12.1 Å². The third kappa shape index (κ3) is 3.61. The van der Waals surface area contributed by atoms with Crippen molar-refractivity contribution in [2.45, 2.75) is 38.3 Å². The van der Waals surface area contributed by atoms with E-state index in [1.165, 1.54) is 0 Å². The molecule has 2 N–H and O–H groups in total. The fourth-order valence-electron chi connectivity index (χ4n) is 1.99. The van der Waals surface area contributed by atoms with Gasteiger partial charge in [-0.15, -0.1) is 6.58 Å². The fourth-order valence-corrected chi connectivity index (χ4v) is 1.99. The molecule has 1 fully saturated rings. The largest absolute Gasteiger partial charge is 0.378 e. The van der Waals surface area contributed by atoms with E-state index in [-0.39, 0.29) is 5.91 Å². The number of ether oxygens (including phenoxy) is 1. The van der Waals surface area contributed by atoms with Gasteiger partial charge < -0.3 is 15.4 Å². The SMILES string of the molecule is C=CCC(N)C(=O)N1CCC(OCC)CC1. The lowest BCUT2D eigenvalue weighted by Gasteiger charge is -2.33. The zero-order chi connectivity index (χ0) is 12.0. The average molecular weight is 226 g/mol. The van der Waals surface area contributed by atoms with Crippen LogP contribution in [-0.4, -0.2) is 42.6 Å². The minimum absolute atomic E-state index is 0.0369. The molecule has 16 heavy (non-hydrogen) atoms. The first-order valence-electron chi connectivity index (χ1n) is 5.95. The second-order valence-corrected chi connectivity index (χ2v) is 4.11. The summed E-state index contributed by atoms with van der Waals surface area (Å²) in [4.78, 5) is 13.7. The van der Waals surface area contributed by atoms with Crippen molar-refractivity contribution < 1.29 is 9.53 Å². The van der Waals surface area contributed by atoms with Gasteiger partial charge in [0.15, 0.2) is 0 Å². The zero-order valence-corrected chi connectivity index (χ0v) is 10.0. The number of nitrogens with zero attached hydrogens (tertiary/aromatic N) is 1. The van der Waals surface area contributed by atoms with Crippen molar-refractivity contribution in [2.24, 2.45) is 5.73 Å². The summed E-state index contributed by atoms with van der Waals surface area (Å²) in [7, 11) is 0. The summed E-state index contributed by atoms with van der Waals surface area (Å²) in [6, 6.07) is -0.429. The Morgan fingerprint density at radius 1 is 1.62 bits per heavy atom. The van der Waals surface area contributed by atoms with Crippen molar-refractivity contribution in [3.8, 4) is 0 Å². The van der Waals surface area contributed by atoms with Gasteiger partial charge in [0.2, 0.25) is 5.91 Å². The summed E-state index contributed by atoms with van der Waals surface area (Å²) in [5, 5.41) is 0. The first-order valence-corrected chi connectivity index (χ1v) is 5.95. The molecule has 1 aliphatic rings. The maximum absolute atomic E-state index is 11.9. The van der Waals surface area contributed by atoms with Gasteiger partial charge >= 0.3 is 0 Å². The van der Waals surface area contributed by atoms with E-state index < -0.39 is 6.04 Å². The summed E-state index contributed by atoms with van der Waals surface area (Å²) < 4.78 is 5.53. The van der Waals surface area contributed by atoms with Crippen LogP contribution in [0.3, 0.4) is 0 Å². The highest BCUT2D eigenvalue weighted by molar-refractivity contribution is 5.81. The van der Waals surface area contributed by atoms with Crippen LogP contribution >= 0.6 is 0 Å². The molecule has 1 unspecified atom stereocenters. The number of piperidine rings is 1. The van der Waals surface area contributed by atoms with E-state index >= 15 is 0 Å². The Hall–Kier alpha value is -0.870. The number of hydrogen-bond acceptors (Lipinski definition) is 3. The maximum Gasteiger partial charge on any atom is 0.239 e. The van der Waals surface area contributed by atoms with Gasteiger partial charge in [-0.3, -0.25) is 4.79 Å². The molecule has 1 saturated heterocycles. The Morgan fingerprint density at radius 3 is 2.75 bits per heavy atom. The predicted octanol–water partition coefficient (Wildman–Crippen LogP) is 0.917. The summed E-state index contributed by atoms with van der Waals surface area (Å²) in [6.07, 6.45) is 4.38. The van der Waals surface area contributed by atoms with E-state index in [0.29, 0.717) is 12.5 Å². The lowest BCUT2D eigenvalue weighted by Crippen LogP contribution is -2.48. The molecule has 92 valence electrons. The van der Waals surface area contributed by atoms with Crippen LogP contribution < -0.4 is 5.73 Å². The van der Waals surface area contributed by atoms with Crippen LogP contribution in [0.2, 0.25) is 0 Å². The first-order chi connectivity index (χ1) is 7.69. The third-order valence-corrected chi connectivity index (χ3v) is 2.89. The van der Waals surface area contributed by atoms with Crippen molar-refractivity contribution in [1.29, 1.82) is 0 Å². The number of carbonyl (C=O) groups is 1. The molecular weight excluding hydrogens is 204 g/mol. The Morgan fingerprint density at radius 2 is 2.25 bits per heavy atom. The van der Waals surface area contributed by atoms with Gasteiger partial charge in [0, 0.05) is 19.7 Å². The quantitative estimate of drug-likeness (QED) is 0.709. The number of amides is 1. The number of nitrogens with two attached hydrogens (primary N) is 1. The molecule has 4 heteroatoms.